The van der Waals surface area contributed by atoms with Crippen molar-refractivity contribution in [1.82, 2.24) is 0 Å². The van der Waals surface area contributed by atoms with E-state index in [0.29, 0.717) is 6.42 Å². The fourth-order valence-electron chi connectivity index (χ4n) is 3.36. The molecule has 0 aromatic heterocycles. The van der Waals surface area contributed by atoms with E-state index in [9.17, 15) is 18.1 Å². The molecule has 4 nitrogen and oxygen atoms in total. The van der Waals surface area contributed by atoms with Gasteiger partial charge in [-0.05, 0) is 19.3 Å². The van der Waals surface area contributed by atoms with Crippen LogP contribution in [0.15, 0.2) is 0 Å². The van der Waals surface area contributed by atoms with E-state index in [1.807, 2.05) is 0 Å². The maximum Gasteiger partial charge on any atom is 1.00 e. The van der Waals surface area contributed by atoms with Gasteiger partial charge in [-0.25, -0.2) is 8.42 Å². The van der Waals surface area contributed by atoms with Crippen LogP contribution in [-0.2, 0) is 10.1 Å². The molecular formula is C21H43NaO4S. The zero-order chi connectivity index (χ0) is 19.5. The van der Waals surface area contributed by atoms with Gasteiger partial charge in [0, 0.05) is 5.75 Å². The Morgan fingerprint density at radius 1 is 0.667 bits per heavy atom. The molecule has 0 aromatic rings. The van der Waals surface area contributed by atoms with Crippen LogP contribution in [0.25, 0.3) is 0 Å². The Bertz CT molecular complexity index is 388. The molecule has 0 bridgehead atoms. The van der Waals surface area contributed by atoms with Crippen molar-refractivity contribution in [3.63, 3.8) is 0 Å². The fraction of sp³-hybridized carbons (Fsp3) is 1.00. The van der Waals surface area contributed by atoms with E-state index < -0.39 is 10.1 Å². The van der Waals surface area contributed by atoms with Crippen molar-refractivity contribution in [2.24, 2.45) is 0 Å². The molecule has 0 saturated carbocycles. The Labute approximate surface area is 191 Å². The topological polar surface area (TPSA) is 77.4 Å². The summed E-state index contributed by atoms with van der Waals surface area (Å²) in [5.41, 5.74) is 0. The van der Waals surface area contributed by atoms with Crippen LogP contribution < -0.4 is 29.6 Å². The van der Waals surface area contributed by atoms with Crippen LogP contribution in [0.3, 0.4) is 0 Å². The first kappa shape index (κ1) is 30.1. The van der Waals surface area contributed by atoms with Gasteiger partial charge in [0.25, 0.3) is 0 Å². The van der Waals surface area contributed by atoms with Crippen LogP contribution >= 0.6 is 0 Å². The van der Waals surface area contributed by atoms with E-state index in [2.05, 4.69) is 6.92 Å². The fourth-order valence-corrected chi connectivity index (χ4v) is 3.92. The molecule has 0 aliphatic carbocycles. The molecule has 0 amide bonds. The second-order valence-electron chi connectivity index (χ2n) is 7.80. The number of aliphatic hydroxyl groups is 1. The Morgan fingerprint density at radius 3 is 1.37 bits per heavy atom. The zero-order valence-corrected chi connectivity index (χ0v) is 20.9. The van der Waals surface area contributed by atoms with Crippen LogP contribution in [0.5, 0.6) is 0 Å². The van der Waals surface area contributed by atoms with Gasteiger partial charge in [-0.1, -0.05) is 103 Å². The third-order valence-corrected chi connectivity index (χ3v) is 5.86. The van der Waals surface area contributed by atoms with Gasteiger partial charge in [0.15, 0.2) is 0 Å². The quantitative estimate of drug-likeness (QED) is 0.189. The second kappa shape index (κ2) is 21.6. The molecule has 0 rings (SSSR count). The van der Waals surface area contributed by atoms with Gasteiger partial charge in [-0.15, -0.1) is 0 Å². The number of hydrogen-bond donors (Lipinski definition) is 1. The normalized spacial score (nSPS) is 12.7. The molecule has 0 aliphatic heterocycles. The summed E-state index contributed by atoms with van der Waals surface area (Å²) >= 11 is 0. The molecule has 0 heterocycles. The Balaban J connectivity index is 0. The smallest absolute Gasteiger partial charge is 0.748 e. The summed E-state index contributed by atoms with van der Waals surface area (Å²) in [6.45, 7) is 2.17. The number of aliphatic hydroxyl groups excluding tert-OH is 1. The van der Waals surface area contributed by atoms with Crippen LogP contribution in [0, 0.1) is 0 Å². The molecule has 0 aliphatic rings. The predicted molar refractivity (Wildman–Crippen MR) is 109 cm³/mol. The van der Waals surface area contributed by atoms with Gasteiger partial charge < -0.3 is 9.66 Å². The summed E-state index contributed by atoms with van der Waals surface area (Å²) in [5.74, 6) is -0.202. The van der Waals surface area contributed by atoms with Gasteiger partial charge in [-0.2, -0.15) is 0 Å². The van der Waals surface area contributed by atoms with E-state index >= 15 is 0 Å². The zero-order valence-electron chi connectivity index (χ0n) is 18.1. The molecule has 0 spiro atoms. The first-order valence-electron chi connectivity index (χ1n) is 11.1. The minimum atomic E-state index is -4.01. The molecule has 158 valence electrons. The van der Waals surface area contributed by atoms with E-state index in [0.717, 1.165) is 38.5 Å². The first-order chi connectivity index (χ1) is 12.5. The van der Waals surface area contributed by atoms with Crippen LogP contribution in [0.2, 0.25) is 0 Å². The molecule has 1 atom stereocenters. The van der Waals surface area contributed by atoms with Crippen LogP contribution in [0.4, 0.5) is 0 Å². The molecular weight excluding hydrogens is 371 g/mol. The van der Waals surface area contributed by atoms with E-state index in [1.165, 1.54) is 70.6 Å². The molecule has 0 aromatic carbocycles. The van der Waals surface area contributed by atoms with Gasteiger partial charge in [-0.3, -0.25) is 0 Å². The summed E-state index contributed by atoms with van der Waals surface area (Å²) in [4.78, 5) is 0. The number of rotatable bonds is 20. The predicted octanol–water partition coefficient (Wildman–Crippen LogP) is 2.94. The van der Waals surface area contributed by atoms with E-state index in [4.69, 9.17) is 0 Å². The standard InChI is InChI=1S/C21H44O4S.Na/c1-2-3-18-21(22)19-16-14-12-10-8-6-4-5-7-9-11-13-15-17-20-26(23,24)25;/h21-22H,2-20H2,1H3,(H,23,24,25);/q;+1/p-1. The minimum Gasteiger partial charge on any atom is -0.748 e. The van der Waals surface area contributed by atoms with E-state index in [-0.39, 0.29) is 41.4 Å². The Morgan fingerprint density at radius 2 is 1.00 bits per heavy atom. The van der Waals surface area contributed by atoms with Gasteiger partial charge in [0.05, 0.1) is 16.2 Å². The number of hydrogen-bond acceptors (Lipinski definition) is 4. The SMILES string of the molecule is CCCCC(O)CCCCCCCCCCCCCCCCS(=O)(=O)[O-].[Na+]. The van der Waals surface area contributed by atoms with Crippen molar-refractivity contribution in [3.05, 3.63) is 0 Å². The second-order valence-corrected chi connectivity index (χ2v) is 9.32. The molecule has 0 radical (unpaired) electrons. The summed E-state index contributed by atoms with van der Waals surface area (Å²) < 4.78 is 31.4. The summed E-state index contributed by atoms with van der Waals surface area (Å²) in [5, 5.41) is 9.78. The molecule has 6 heteroatoms. The monoisotopic (exact) mass is 414 g/mol. The van der Waals surface area contributed by atoms with Crippen molar-refractivity contribution in [2.75, 3.05) is 5.75 Å². The molecule has 0 saturated heterocycles. The minimum absolute atomic E-state index is 0. The average Bonchev–Trinajstić information content (AvgIpc) is 2.58. The van der Waals surface area contributed by atoms with Gasteiger partial charge in [0.2, 0.25) is 0 Å². The maximum atomic E-state index is 10.5. The van der Waals surface area contributed by atoms with E-state index in [1.54, 1.807) is 0 Å². The average molecular weight is 415 g/mol. The third-order valence-electron chi connectivity index (χ3n) is 5.07. The van der Waals surface area contributed by atoms with Gasteiger partial charge >= 0.3 is 29.6 Å². The van der Waals surface area contributed by atoms with Crippen molar-refractivity contribution in [3.8, 4) is 0 Å². The molecule has 0 fully saturated rings. The maximum absolute atomic E-state index is 10.5. The largest absolute Gasteiger partial charge is 1.00 e. The van der Waals surface area contributed by atoms with Crippen molar-refractivity contribution >= 4 is 10.1 Å². The van der Waals surface area contributed by atoms with Crippen LogP contribution in [0.1, 0.15) is 122 Å². The summed E-state index contributed by atoms with van der Waals surface area (Å²) in [6, 6.07) is 0. The Hall–Kier alpha value is 0.870. The first-order valence-corrected chi connectivity index (χ1v) is 12.6. The Kier molecular flexibility index (Phi) is 24.0. The molecule has 27 heavy (non-hydrogen) atoms. The molecule has 1 N–H and O–H groups in total. The van der Waals surface area contributed by atoms with Crippen molar-refractivity contribution in [1.29, 1.82) is 0 Å². The van der Waals surface area contributed by atoms with Crippen molar-refractivity contribution in [2.45, 2.75) is 129 Å². The third kappa shape index (κ3) is 26.9. The van der Waals surface area contributed by atoms with Gasteiger partial charge in [0.1, 0.15) is 0 Å². The van der Waals surface area contributed by atoms with Crippen LogP contribution in [-0.4, -0.2) is 29.9 Å². The summed E-state index contributed by atoms with van der Waals surface area (Å²) in [7, 11) is -4.01. The number of unbranched alkanes of at least 4 members (excludes halogenated alkanes) is 14. The summed E-state index contributed by atoms with van der Waals surface area (Å²) in [6.07, 6.45) is 20.6. The molecule has 1 unspecified atom stereocenters. The van der Waals surface area contributed by atoms with Crippen molar-refractivity contribution < 1.29 is 47.6 Å².